The SMILES string of the molecule is C=CCCC(=O)N(CCC)CC(=O)O[C@@H]([C@@H](O)n1cnc2c(N)ncnc21)[C@@H](COP(=O)(O)O[C@@H](Cn1ccc(N)nc1=O)[C@@H](COP(=O)(O)O)OC)OC. The summed E-state index contributed by atoms with van der Waals surface area (Å²) in [6, 6.07) is 1.24. The van der Waals surface area contributed by atoms with Gasteiger partial charge in [-0.15, -0.1) is 6.58 Å². The molecule has 0 aliphatic carbocycles. The second-order valence-electron chi connectivity index (χ2n) is 11.6. The zero-order chi connectivity index (χ0) is 40.9. The highest BCUT2D eigenvalue weighted by atomic mass is 31.2. The first-order valence-electron chi connectivity index (χ1n) is 16.4. The predicted molar refractivity (Wildman–Crippen MR) is 190 cm³/mol. The van der Waals surface area contributed by atoms with E-state index in [0.717, 1.165) is 36.0 Å². The minimum Gasteiger partial charge on any atom is -0.453 e. The second-order valence-corrected chi connectivity index (χ2v) is 14.3. The lowest BCUT2D eigenvalue weighted by atomic mass is 10.1. The minimum atomic E-state index is -5.28. The molecular weight excluding hydrogens is 776 g/mol. The van der Waals surface area contributed by atoms with Gasteiger partial charge in [0.2, 0.25) is 5.91 Å². The Morgan fingerprint density at radius 1 is 1.05 bits per heavy atom. The number of allylic oxidation sites excluding steroid dienone is 1. The number of anilines is 2. The minimum absolute atomic E-state index is 0.0126. The third kappa shape index (κ3) is 13.5. The number of methoxy groups -OCH3 is 2. The van der Waals surface area contributed by atoms with Crippen LogP contribution in [0.3, 0.4) is 0 Å². The number of fused-ring (bicyclic) bond motifs is 1. The maximum absolute atomic E-state index is 13.4. The Balaban J connectivity index is 1.93. The van der Waals surface area contributed by atoms with Gasteiger partial charge in [0, 0.05) is 33.4 Å². The molecule has 6 atom stereocenters. The molecule has 3 aromatic rings. The molecule has 0 aliphatic heterocycles. The van der Waals surface area contributed by atoms with Crippen LogP contribution < -0.4 is 17.2 Å². The largest absolute Gasteiger partial charge is 0.472 e. The van der Waals surface area contributed by atoms with Gasteiger partial charge in [-0.05, 0) is 18.9 Å². The van der Waals surface area contributed by atoms with Gasteiger partial charge in [0.1, 0.15) is 42.5 Å². The molecule has 55 heavy (non-hydrogen) atoms. The average molecular weight is 822 g/mol. The van der Waals surface area contributed by atoms with E-state index in [-0.39, 0.29) is 41.7 Å². The normalized spacial score (nSPS) is 15.8. The van der Waals surface area contributed by atoms with Gasteiger partial charge in [0.15, 0.2) is 23.8 Å². The number of aromatic nitrogens is 6. The number of phosphoric acid groups is 2. The van der Waals surface area contributed by atoms with Crippen LogP contribution in [0.5, 0.6) is 0 Å². The van der Waals surface area contributed by atoms with Crippen LogP contribution in [-0.2, 0) is 53.0 Å². The fourth-order valence-electron chi connectivity index (χ4n) is 5.00. The van der Waals surface area contributed by atoms with E-state index in [1.165, 1.54) is 17.2 Å². The standard InChI is InChI=1S/C29H45N9O15P2/c1-5-7-8-22(39)36(10-6-2)13-23(40)52-25(28(41)38-17-34-24-26(31)32-16-33-27(24)38)20(49-4)15-51-55(46,47)53-18(19(48-3)14-50-54(43,44)45)12-37-11-9-21(30)35-29(37)42/h5,9,11,16-20,25,28,41H,1,6-8,10,12-15H2,2-4H3,(H,46,47)(H2,30,35,42)(H2,31,32,33)(H2,43,44,45)/t18-,19+,20+,25+,28+/m0/s1. The molecule has 26 heteroatoms. The van der Waals surface area contributed by atoms with Crippen molar-refractivity contribution in [1.82, 2.24) is 34.0 Å². The molecule has 1 unspecified atom stereocenters. The molecule has 3 rings (SSSR count). The number of rotatable bonds is 24. The van der Waals surface area contributed by atoms with Crippen molar-refractivity contribution in [2.45, 2.75) is 63.4 Å². The summed E-state index contributed by atoms with van der Waals surface area (Å²) in [5, 5.41) is 11.6. The lowest BCUT2D eigenvalue weighted by molar-refractivity contribution is -0.178. The highest BCUT2D eigenvalue weighted by Crippen LogP contribution is 2.46. The predicted octanol–water partition coefficient (Wildman–Crippen LogP) is -0.503. The zero-order valence-electron chi connectivity index (χ0n) is 30.1. The molecule has 0 spiro atoms. The first-order chi connectivity index (χ1) is 25.9. The second kappa shape index (κ2) is 20.6. The number of amides is 1. The van der Waals surface area contributed by atoms with E-state index in [4.69, 9.17) is 34.7 Å². The number of phosphoric ester groups is 2. The number of aliphatic hydroxyl groups is 1. The fourth-order valence-corrected chi connectivity index (χ4v) is 6.28. The Kier molecular flexibility index (Phi) is 17.0. The summed E-state index contributed by atoms with van der Waals surface area (Å²) >= 11 is 0. The lowest BCUT2D eigenvalue weighted by Gasteiger charge is -2.32. The number of nitrogen functional groups attached to an aromatic ring is 2. The smallest absolute Gasteiger partial charge is 0.453 e. The number of aliphatic hydroxyl groups excluding tert-OH is 1. The number of hydrogen-bond acceptors (Lipinski definition) is 18. The van der Waals surface area contributed by atoms with E-state index in [1.807, 2.05) is 0 Å². The van der Waals surface area contributed by atoms with Crippen molar-refractivity contribution >= 4 is 50.3 Å². The summed E-state index contributed by atoms with van der Waals surface area (Å²) in [7, 11) is -8.17. The van der Waals surface area contributed by atoms with Crippen LogP contribution in [0.1, 0.15) is 32.4 Å². The van der Waals surface area contributed by atoms with Crippen molar-refractivity contribution in [3.05, 3.63) is 48.1 Å². The van der Waals surface area contributed by atoms with Crippen molar-refractivity contribution in [3.63, 3.8) is 0 Å². The molecule has 0 aliphatic rings. The highest BCUT2D eigenvalue weighted by molar-refractivity contribution is 7.47. The van der Waals surface area contributed by atoms with Crippen molar-refractivity contribution < 1.29 is 66.3 Å². The van der Waals surface area contributed by atoms with Crippen LogP contribution in [0.2, 0.25) is 0 Å². The van der Waals surface area contributed by atoms with E-state index < -0.39 is 84.3 Å². The summed E-state index contributed by atoms with van der Waals surface area (Å²) in [6.45, 7) is 2.66. The Morgan fingerprint density at radius 3 is 2.36 bits per heavy atom. The van der Waals surface area contributed by atoms with Crippen LogP contribution >= 0.6 is 15.6 Å². The van der Waals surface area contributed by atoms with Gasteiger partial charge in [-0.1, -0.05) is 13.0 Å². The van der Waals surface area contributed by atoms with Crippen molar-refractivity contribution in [2.75, 3.05) is 52.0 Å². The van der Waals surface area contributed by atoms with Gasteiger partial charge in [-0.25, -0.2) is 28.9 Å². The molecule has 8 N–H and O–H groups in total. The molecule has 3 aromatic heterocycles. The molecule has 24 nitrogen and oxygen atoms in total. The third-order valence-corrected chi connectivity index (χ3v) is 9.20. The van der Waals surface area contributed by atoms with E-state index in [0.29, 0.717) is 12.8 Å². The van der Waals surface area contributed by atoms with Gasteiger partial charge < -0.3 is 50.4 Å². The Hall–Kier alpha value is -4.19. The topological polar surface area (TPSA) is 338 Å². The van der Waals surface area contributed by atoms with Crippen molar-refractivity contribution in [3.8, 4) is 0 Å². The van der Waals surface area contributed by atoms with E-state index in [9.17, 15) is 43.3 Å². The molecule has 0 saturated carbocycles. The van der Waals surface area contributed by atoms with Gasteiger partial charge in [0.25, 0.3) is 0 Å². The summed E-state index contributed by atoms with van der Waals surface area (Å²) in [4.78, 5) is 84.8. The summed E-state index contributed by atoms with van der Waals surface area (Å²) in [5.41, 5.74) is 10.6. The van der Waals surface area contributed by atoms with Crippen LogP contribution in [0.25, 0.3) is 11.2 Å². The van der Waals surface area contributed by atoms with Gasteiger partial charge >= 0.3 is 27.3 Å². The molecule has 306 valence electrons. The van der Waals surface area contributed by atoms with Crippen molar-refractivity contribution in [2.24, 2.45) is 0 Å². The number of nitrogens with two attached hydrogens (primary N) is 2. The molecule has 0 aromatic carbocycles. The molecule has 3 heterocycles. The molecule has 0 radical (unpaired) electrons. The number of carbonyl (C=O) groups is 2. The zero-order valence-corrected chi connectivity index (χ0v) is 31.9. The number of carbonyl (C=O) groups excluding carboxylic acids is 2. The van der Waals surface area contributed by atoms with Crippen LogP contribution in [-0.4, -0.2) is 131 Å². The van der Waals surface area contributed by atoms with Gasteiger partial charge in [-0.3, -0.25) is 32.3 Å². The van der Waals surface area contributed by atoms with Crippen LogP contribution in [0.4, 0.5) is 11.6 Å². The number of hydrogen-bond donors (Lipinski definition) is 6. The monoisotopic (exact) mass is 821 g/mol. The van der Waals surface area contributed by atoms with Gasteiger partial charge in [0.05, 0.1) is 26.1 Å². The quantitative estimate of drug-likeness (QED) is 0.0377. The molecule has 1 amide bonds. The first kappa shape index (κ1) is 45.2. The molecular formula is C29H45N9O15P2. The Bertz CT molecular complexity index is 1910. The molecule has 0 fully saturated rings. The van der Waals surface area contributed by atoms with Crippen LogP contribution in [0.15, 0.2) is 42.4 Å². The molecule has 0 saturated heterocycles. The first-order valence-corrected chi connectivity index (χ1v) is 19.4. The van der Waals surface area contributed by atoms with E-state index in [1.54, 1.807) is 13.0 Å². The Labute approximate surface area is 313 Å². The van der Waals surface area contributed by atoms with Gasteiger partial charge in [-0.2, -0.15) is 4.98 Å². The van der Waals surface area contributed by atoms with Crippen LogP contribution in [0, 0.1) is 0 Å². The fraction of sp³-hybridized carbons (Fsp3) is 0.552. The van der Waals surface area contributed by atoms with E-state index >= 15 is 0 Å². The summed E-state index contributed by atoms with van der Waals surface area (Å²) in [6.07, 6.45) is -2.48. The number of nitrogens with zero attached hydrogens (tertiary/aromatic N) is 7. The summed E-state index contributed by atoms with van der Waals surface area (Å²) in [5.74, 6) is -1.53. The maximum atomic E-state index is 13.4. The number of imidazole rings is 1. The average Bonchev–Trinajstić information content (AvgIpc) is 3.56. The Morgan fingerprint density at radius 2 is 1.75 bits per heavy atom. The van der Waals surface area contributed by atoms with Crippen molar-refractivity contribution in [1.29, 1.82) is 0 Å². The number of ether oxygens (including phenoxy) is 3. The third-order valence-electron chi connectivity index (χ3n) is 7.70. The lowest BCUT2D eigenvalue weighted by Crippen LogP contribution is -2.45. The highest BCUT2D eigenvalue weighted by Gasteiger charge is 2.39. The summed E-state index contributed by atoms with van der Waals surface area (Å²) < 4.78 is 58.2. The van der Waals surface area contributed by atoms with E-state index in [2.05, 4.69) is 31.0 Å². The number of esters is 1. The molecule has 0 bridgehead atoms. The maximum Gasteiger partial charge on any atom is 0.472 e.